The Morgan fingerprint density at radius 1 is 0.892 bits per heavy atom. The molecule has 0 saturated carbocycles. The van der Waals surface area contributed by atoms with Gasteiger partial charge in [0.15, 0.2) is 6.10 Å². The Labute approximate surface area is 384 Å². The van der Waals surface area contributed by atoms with Gasteiger partial charge in [-0.25, -0.2) is 24.4 Å². The van der Waals surface area contributed by atoms with E-state index in [1.165, 1.54) is 11.8 Å². The van der Waals surface area contributed by atoms with Crippen LogP contribution in [0.4, 0.5) is 16.3 Å². The van der Waals surface area contributed by atoms with E-state index in [0.29, 0.717) is 33.7 Å². The molecule has 0 fully saturated rings. The highest BCUT2D eigenvalue weighted by Gasteiger charge is 2.33. The molecule has 0 aliphatic carbocycles. The molecule has 65 heavy (non-hydrogen) atoms. The minimum absolute atomic E-state index is 0.00234. The van der Waals surface area contributed by atoms with Crippen LogP contribution in [0.25, 0.3) is 27.4 Å². The van der Waals surface area contributed by atoms with Crippen molar-refractivity contribution in [2.45, 2.75) is 117 Å². The number of aromatic nitrogens is 2. The van der Waals surface area contributed by atoms with E-state index in [1.54, 1.807) is 99.8 Å². The second kappa shape index (κ2) is 22.3. The predicted octanol–water partition coefficient (Wildman–Crippen LogP) is 9.40. The largest absolute Gasteiger partial charge is 0.490 e. The Kier molecular flexibility index (Phi) is 17.6. The van der Waals surface area contributed by atoms with Gasteiger partial charge in [0.2, 0.25) is 11.6 Å². The Balaban J connectivity index is 1.56. The van der Waals surface area contributed by atoms with Crippen LogP contribution in [0.15, 0.2) is 64.2 Å². The number of aryl methyl sites for hydroxylation is 1. The van der Waals surface area contributed by atoms with E-state index in [1.807, 2.05) is 31.2 Å². The van der Waals surface area contributed by atoms with E-state index in [9.17, 15) is 24.4 Å². The Morgan fingerprint density at radius 2 is 1.52 bits per heavy atom. The summed E-state index contributed by atoms with van der Waals surface area (Å²) in [5.74, 6) is -2.66. The number of carbonyl (C=O) groups excluding carboxylic acids is 4. The first kappa shape index (κ1) is 51.0. The molecule has 4 rings (SSSR count). The van der Waals surface area contributed by atoms with Crippen LogP contribution in [0, 0.1) is 42.6 Å². The number of hydrogen-bond acceptors (Lipinski definition) is 15. The van der Waals surface area contributed by atoms with Crippen LogP contribution in [0.1, 0.15) is 92.5 Å². The number of nitrogens with zero attached hydrogens (tertiary/aromatic N) is 4. The van der Waals surface area contributed by atoms with E-state index < -0.39 is 65.8 Å². The highest BCUT2D eigenvalue weighted by molar-refractivity contribution is 7.98. The second-order valence-corrected chi connectivity index (χ2v) is 18.9. The maximum absolute atomic E-state index is 13.6. The molecule has 2 aromatic heterocycles. The highest BCUT2D eigenvalue weighted by atomic mass is 32.2. The van der Waals surface area contributed by atoms with Crippen LogP contribution in [0.2, 0.25) is 0 Å². The third kappa shape index (κ3) is 15.3. The van der Waals surface area contributed by atoms with Gasteiger partial charge in [-0.1, -0.05) is 69.3 Å². The molecule has 2 aromatic carbocycles. The molecule has 3 N–H and O–H groups in total. The third-order valence-electron chi connectivity index (χ3n) is 9.38. The zero-order valence-corrected chi connectivity index (χ0v) is 39.6. The average molecular weight is 911 g/mol. The van der Waals surface area contributed by atoms with Gasteiger partial charge in [0.25, 0.3) is 0 Å². The van der Waals surface area contributed by atoms with Crippen molar-refractivity contribution in [3.8, 4) is 34.4 Å². The monoisotopic (exact) mass is 910 g/mol. The number of amides is 1. The summed E-state index contributed by atoms with van der Waals surface area (Å²) in [6.07, 6.45) is -0.684. The van der Waals surface area contributed by atoms with Crippen LogP contribution >= 0.6 is 11.8 Å². The van der Waals surface area contributed by atoms with Gasteiger partial charge in [-0.3, -0.25) is 9.59 Å². The van der Waals surface area contributed by atoms with Crippen molar-refractivity contribution in [1.82, 2.24) is 15.3 Å². The van der Waals surface area contributed by atoms with Gasteiger partial charge in [-0.05, 0) is 90.1 Å². The molecule has 0 aliphatic rings. The van der Waals surface area contributed by atoms with E-state index in [4.69, 9.17) is 40.4 Å². The second-order valence-electron chi connectivity index (χ2n) is 18.0. The minimum atomic E-state index is -1.18. The van der Waals surface area contributed by atoms with Gasteiger partial charge in [-0.15, -0.1) is 0 Å². The molecule has 0 spiro atoms. The smallest absolute Gasteiger partial charge is 0.408 e. The lowest BCUT2D eigenvalue weighted by Gasteiger charge is -2.27. The summed E-state index contributed by atoms with van der Waals surface area (Å²) in [6, 6.07) is 15.3. The molecule has 4 aromatic rings. The summed E-state index contributed by atoms with van der Waals surface area (Å²) in [7, 11) is 0. The van der Waals surface area contributed by atoms with Crippen LogP contribution in [-0.4, -0.2) is 70.5 Å². The number of oxazole rings is 1. The van der Waals surface area contributed by atoms with Gasteiger partial charge < -0.3 is 39.2 Å². The number of hydrogen-bond donors (Lipinski definition) is 2. The predicted molar refractivity (Wildman–Crippen MR) is 244 cm³/mol. The molecule has 1 amide bonds. The summed E-state index contributed by atoms with van der Waals surface area (Å²) in [6.45, 7) is 26.4. The van der Waals surface area contributed by atoms with Crippen molar-refractivity contribution >= 4 is 47.3 Å². The molecule has 0 saturated heterocycles. The molecular formula is C48H58N6O10S. The molecule has 16 nitrogen and oxygen atoms in total. The van der Waals surface area contributed by atoms with E-state index in [0.717, 1.165) is 11.1 Å². The molecular weight excluding hydrogens is 853 g/mol. The maximum Gasteiger partial charge on any atom is 0.408 e. The number of nitrogen functional groups attached to an aromatic ring is 1. The third-order valence-corrected chi connectivity index (χ3v) is 10.4. The average Bonchev–Trinajstić information content (AvgIpc) is 3.69. The number of anilines is 1. The lowest BCUT2D eigenvalue weighted by Crippen LogP contribution is -2.48. The normalized spacial score (nSPS) is 12.9. The van der Waals surface area contributed by atoms with Crippen molar-refractivity contribution in [1.29, 1.82) is 5.26 Å². The van der Waals surface area contributed by atoms with Crippen molar-refractivity contribution in [2.24, 2.45) is 17.8 Å². The number of esters is 3. The van der Waals surface area contributed by atoms with Gasteiger partial charge in [0, 0.05) is 16.9 Å². The number of thioether (sulfide) groups is 1. The van der Waals surface area contributed by atoms with Crippen LogP contribution in [0.3, 0.4) is 0 Å². The number of carbonyl (C=O) groups is 4. The summed E-state index contributed by atoms with van der Waals surface area (Å²) in [5.41, 5.74) is 8.17. The van der Waals surface area contributed by atoms with Crippen LogP contribution in [-0.2, 0) is 39.1 Å². The Bertz CT molecular complexity index is 2390. The number of nitriles is 1. The fourth-order valence-electron chi connectivity index (χ4n) is 6.15. The molecule has 3 atom stereocenters. The molecule has 17 heteroatoms. The number of alkyl carbamates (subject to hydrolysis) is 1. The standard InChI is InChI=1S/C48H58N6O10S/c1-27(2)35(21-37(55)63-47(6,7)8)44(56)61-25-34(62-45(57)39(28(3)4)53-46(58)64-48(9,10)11)24-59-33-19-17-30(18-20-33)38-36(22-49)43(54-41(50)40(38)51-12)65-26-32-23-60-42(52-32)31-15-13-29(5)14-16-31/h13-20,23,27-28,34-35,39H,21,24-26H2,1-11H3,(H2,50,54)(H,53,58)/t34-,35-,39-/m0/s1. The summed E-state index contributed by atoms with van der Waals surface area (Å²) in [4.78, 5) is 65.0. The molecule has 0 radical (unpaired) electrons. The van der Waals surface area contributed by atoms with Gasteiger partial charge in [-0.2, -0.15) is 5.26 Å². The van der Waals surface area contributed by atoms with Gasteiger partial charge in [0.1, 0.15) is 59.4 Å². The molecule has 0 aliphatic heterocycles. The zero-order chi connectivity index (χ0) is 48.2. The lowest BCUT2D eigenvalue weighted by molar-refractivity contribution is -0.169. The summed E-state index contributed by atoms with van der Waals surface area (Å²) < 4.78 is 34.0. The fourth-order valence-corrected chi connectivity index (χ4v) is 7.02. The number of nitrogens with one attached hydrogen (secondary N) is 1. The van der Waals surface area contributed by atoms with Crippen LogP contribution < -0.4 is 15.8 Å². The van der Waals surface area contributed by atoms with Gasteiger partial charge in [0.05, 0.1) is 30.2 Å². The first-order valence-corrected chi connectivity index (χ1v) is 22.0. The number of nitrogens with two attached hydrogens (primary N) is 1. The molecule has 2 heterocycles. The van der Waals surface area contributed by atoms with Gasteiger partial charge >= 0.3 is 24.0 Å². The lowest BCUT2D eigenvalue weighted by atomic mass is 9.92. The van der Waals surface area contributed by atoms with Crippen LogP contribution in [0.5, 0.6) is 5.75 Å². The summed E-state index contributed by atoms with van der Waals surface area (Å²) in [5, 5.41) is 13.3. The number of pyridine rings is 1. The van der Waals surface area contributed by atoms with Crippen molar-refractivity contribution < 1.29 is 47.3 Å². The first-order valence-electron chi connectivity index (χ1n) is 21.1. The quantitative estimate of drug-likeness (QED) is 0.0411. The van der Waals surface area contributed by atoms with Crippen molar-refractivity contribution in [2.75, 3.05) is 18.9 Å². The number of ether oxygens (including phenoxy) is 5. The van der Waals surface area contributed by atoms with E-state index in [-0.39, 0.29) is 41.6 Å². The Hall–Kier alpha value is -6.59. The van der Waals surface area contributed by atoms with E-state index >= 15 is 0 Å². The number of benzene rings is 2. The zero-order valence-electron chi connectivity index (χ0n) is 38.8. The topological polar surface area (TPSA) is 220 Å². The highest BCUT2D eigenvalue weighted by Crippen LogP contribution is 2.42. The molecule has 346 valence electrons. The summed E-state index contributed by atoms with van der Waals surface area (Å²) >= 11 is 1.23. The first-order chi connectivity index (χ1) is 30.5. The Morgan fingerprint density at radius 3 is 2.09 bits per heavy atom. The molecule has 0 unspecified atom stereocenters. The van der Waals surface area contributed by atoms with Crippen molar-refractivity contribution in [3.63, 3.8) is 0 Å². The SMILES string of the molecule is [C-]#[N+]c1c(N)nc(SCc2coc(-c3ccc(C)cc3)n2)c(C#N)c1-c1ccc(OC[C@@H](COC(=O)[C@@H](CC(=O)OC(C)(C)C)C(C)C)OC(=O)[C@@H](NC(=O)OC(C)(C)C)C(C)C)cc1. The molecule has 0 bridgehead atoms. The minimum Gasteiger partial charge on any atom is -0.490 e. The fraction of sp³-hybridized carbons (Fsp3) is 0.458. The maximum atomic E-state index is 13.6. The van der Waals surface area contributed by atoms with Crippen molar-refractivity contribution in [3.05, 3.63) is 83.0 Å². The van der Waals surface area contributed by atoms with E-state index in [2.05, 4.69) is 26.2 Å². The number of rotatable bonds is 18.